The molecule has 8 nitrogen and oxygen atoms in total. The van der Waals surface area contributed by atoms with Crippen molar-refractivity contribution in [1.29, 1.82) is 0 Å². The summed E-state index contributed by atoms with van der Waals surface area (Å²) >= 11 is 0. The summed E-state index contributed by atoms with van der Waals surface area (Å²) in [5.41, 5.74) is 0. The minimum atomic E-state index is 0. The van der Waals surface area contributed by atoms with E-state index in [2.05, 4.69) is 27.0 Å². The van der Waals surface area contributed by atoms with Crippen molar-refractivity contribution in [3.05, 3.63) is 0 Å². The van der Waals surface area contributed by atoms with Crippen LogP contribution in [-0.4, -0.2) is 110 Å². The highest BCUT2D eigenvalue weighted by molar-refractivity contribution is 14.0. The number of guanidine groups is 1. The number of halogens is 1. The molecule has 0 saturated carbocycles. The zero-order valence-electron chi connectivity index (χ0n) is 18.4. The molecule has 0 radical (unpaired) electrons. The van der Waals surface area contributed by atoms with Crippen LogP contribution >= 0.6 is 24.0 Å². The summed E-state index contributed by atoms with van der Waals surface area (Å²) in [4.78, 5) is 37.0. The summed E-state index contributed by atoms with van der Waals surface area (Å²) in [5, 5.41) is 3.40. The lowest BCUT2D eigenvalue weighted by Gasteiger charge is -2.37. The Hall–Kier alpha value is -1.10. The van der Waals surface area contributed by atoms with Gasteiger partial charge in [0.05, 0.1) is 6.54 Å². The molecule has 0 spiro atoms. The Balaban J connectivity index is 0.00000420. The largest absolute Gasteiger partial charge is 0.356 e. The van der Waals surface area contributed by atoms with Gasteiger partial charge in [0.2, 0.25) is 11.8 Å². The molecule has 2 rings (SSSR count). The number of rotatable bonds is 7. The van der Waals surface area contributed by atoms with E-state index in [9.17, 15) is 9.59 Å². The molecule has 9 heteroatoms. The van der Waals surface area contributed by atoms with Gasteiger partial charge in [0.1, 0.15) is 6.54 Å². The van der Waals surface area contributed by atoms with E-state index in [4.69, 9.17) is 0 Å². The summed E-state index contributed by atoms with van der Waals surface area (Å²) in [6.45, 7) is 8.85. The second-order valence-corrected chi connectivity index (χ2v) is 7.91. The summed E-state index contributed by atoms with van der Waals surface area (Å²) in [6.07, 6.45) is 5.70. The van der Waals surface area contributed by atoms with Crippen LogP contribution in [0.25, 0.3) is 0 Å². The Morgan fingerprint density at radius 3 is 2.21 bits per heavy atom. The van der Waals surface area contributed by atoms with Gasteiger partial charge < -0.3 is 20.0 Å². The van der Waals surface area contributed by atoms with Crippen molar-refractivity contribution in [2.45, 2.75) is 39.0 Å². The Morgan fingerprint density at radius 2 is 1.62 bits per heavy atom. The first-order valence-corrected chi connectivity index (χ1v) is 10.7. The van der Waals surface area contributed by atoms with Gasteiger partial charge in [-0.1, -0.05) is 13.3 Å². The first kappa shape index (κ1) is 25.9. The van der Waals surface area contributed by atoms with Gasteiger partial charge in [-0.15, -0.1) is 24.0 Å². The third-order valence-corrected chi connectivity index (χ3v) is 5.42. The number of likely N-dealkylation sites (tertiary alicyclic amines) is 1. The Morgan fingerprint density at radius 1 is 0.966 bits per heavy atom. The van der Waals surface area contributed by atoms with Crippen LogP contribution in [0.5, 0.6) is 0 Å². The van der Waals surface area contributed by atoms with Crippen LogP contribution in [0.4, 0.5) is 0 Å². The van der Waals surface area contributed by atoms with E-state index in [-0.39, 0.29) is 42.3 Å². The van der Waals surface area contributed by atoms with Gasteiger partial charge >= 0.3 is 0 Å². The Labute approximate surface area is 193 Å². The Kier molecular flexibility index (Phi) is 12.5. The molecule has 168 valence electrons. The molecule has 2 aliphatic rings. The number of piperazine rings is 1. The predicted octanol–water partition coefficient (Wildman–Crippen LogP) is 1.07. The molecule has 2 saturated heterocycles. The van der Waals surface area contributed by atoms with Gasteiger partial charge in [-0.25, -0.2) is 4.99 Å². The highest BCUT2D eigenvalue weighted by Gasteiger charge is 2.24. The molecule has 0 aromatic carbocycles. The normalized spacial score (nSPS) is 18.2. The molecule has 2 fully saturated rings. The number of hydrogen-bond acceptors (Lipinski definition) is 4. The van der Waals surface area contributed by atoms with Crippen LogP contribution in [0.3, 0.4) is 0 Å². The van der Waals surface area contributed by atoms with E-state index < -0.39 is 0 Å². The second-order valence-electron chi connectivity index (χ2n) is 7.91. The van der Waals surface area contributed by atoms with Crippen molar-refractivity contribution in [2.75, 3.05) is 73.0 Å². The first-order chi connectivity index (χ1) is 13.5. The zero-order valence-corrected chi connectivity index (χ0v) is 20.7. The smallest absolute Gasteiger partial charge is 0.243 e. The average Bonchev–Trinajstić information content (AvgIpc) is 2.71. The predicted molar refractivity (Wildman–Crippen MR) is 128 cm³/mol. The number of piperidine rings is 1. The summed E-state index contributed by atoms with van der Waals surface area (Å²) in [5.74, 6) is 1.07. The maximum Gasteiger partial charge on any atom is 0.243 e. The number of nitrogens with one attached hydrogen (secondary N) is 1. The van der Waals surface area contributed by atoms with E-state index >= 15 is 0 Å². The molecule has 0 bridgehead atoms. The van der Waals surface area contributed by atoms with Crippen LogP contribution in [0.2, 0.25) is 0 Å². The van der Waals surface area contributed by atoms with Crippen molar-refractivity contribution >= 4 is 41.8 Å². The number of nitrogens with zero attached hydrogens (tertiary/aromatic N) is 5. The zero-order chi connectivity index (χ0) is 20.4. The fraction of sp³-hybridized carbons (Fsp3) is 0.850. The number of unbranched alkanes of at least 4 members (excludes halogenated alkanes) is 1. The molecule has 0 aliphatic carbocycles. The third-order valence-electron chi connectivity index (χ3n) is 5.42. The van der Waals surface area contributed by atoms with Gasteiger partial charge in [0.25, 0.3) is 0 Å². The van der Waals surface area contributed by atoms with E-state index in [1.807, 2.05) is 4.90 Å². The minimum absolute atomic E-state index is 0. The highest BCUT2D eigenvalue weighted by atomic mass is 127. The number of aliphatic imine (C=N–C) groups is 1. The molecule has 2 heterocycles. The number of carbonyl (C=O) groups is 2. The third kappa shape index (κ3) is 9.06. The fourth-order valence-corrected chi connectivity index (χ4v) is 3.48. The van der Waals surface area contributed by atoms with E-state index in [1.165, 1.54) is 6.42 Å². The molecule has 0 aromatic rings. The van der Waals surface area contributed by atoms with Gasteiger partial charge in [0, 0.05) is 59.9 Å². The molecule has 1 N–H and O–H groups in total. The molecule has 2 amide bonds. The van der Waals surface area contributed by atoms with Gasteiger partial charge in [-0.2, -0.15) is 0 Å². The van der Waals surface area contributed by atoms with E-state index in [1.54, 1.807) is 19.0 Å². The molecule has 0 aromatic heterocycles. The molecule has 0 atom stereocenters. The van der Waals surface area contributed by atoms with Crippen LogP contribution in [0.15, 0.2) is 4.99 Å². The highest BCUT2D eigenvalue weighted by Crippen LogP contribution is 2.10. The summed E-state index contributed by atoms with van der Waals surface area (Å²) < 4.78 is 0. The molecular weight excluding hydrogens is 483 g/mol. The minimum Gasteiger partial charge on any atom is -0.356 e. The molecular formula is C20H39IN6O2. The first-order valence-electron chi connectivity index (χ1n) is 10.7. The second kappa shape index (κ2) is 14.0. The maximum absolute atomic E-state index is 12.5. The van der Waals surface area contributed by atoms with Gasteiger partial charge in [-0.3, -0.25) is 14.5 Å². The van der Waals surface area contributed by atoms with Crippen molar-refractivity contribution in [2.24, 2.45) is 4.99 Å². The number of likely N-dealkylation sites (N-methyl/N-ethyl adjacent to an activating group) is 1. The van der Waals surface area contributed by atoms with E-state index in [0.29, 0.717) is 6.54 Å². The van der Waals surface area contributed by atoms with Crippen molar-refractivity contribution in [3.8, 4) is 0 Å². The van der Waals surface area contributed by atoms with Gasteiger partial charge in [-0.05, 0) is 25.7 Å². The topological polar surface area (TPSA) is 71.5 Å². The number of amides is 2. The number of carbonyl (C=O) groups excluding carboxylic acids is 2. The molecule has 0 unspecified atom stereocenters. The molecule has 2 aliphatic heterocycles. The molecule has 29 heavy (non-hydrogen) atoms. The van der Waals surface area contributed by atoms with Crippen molar-refractivity contribution < 1.29 is 9.59 Å². The van der Waals surface area contributed by atoms with Crippen LogP contribution in [-0.2, 0) is 9.59 Å². The number of hydrogen-bond donors (Lipinski definition) is 1. The SMILES string of the molecule is CCCCNC(=NCC(=O)N(C)C)N1CCN(CC(=O)N2CCCCC2)CC1.I. The van der Waals surface area contributed by atoms with Gasteiger partial charge in [0.15, 0.2) is 5.96 Å². The Bertz CT molecular complexity index is 529. The average molecular weight is 522 g/mol. The quantitative estimate of drug-likeness (QED) is 0.235. The fourth-order valence-electron chi connectivity index (χ4n) is 3.48. The van der Waals surface area contributed by atoms with Crippen LogP contribution < -0.4 is 5.32 Å². The summed E-state index contributed by atoms with van der Waals surface area (Å²) in [6, 6.07) is 0. The maximum atomic E-state index is 12.5. The lowest BCUT2D eigenvalue weighted by atomic mass is 10.1. The lowest BCUT2D eigenvalue weighted by Crippen LogP contribution is -2.54. The van der Waals surface area contributed by atoms with Crippen molar-refractivity contribution in [1.82, 2.24) is 24.9 Å². The standard InChI is InChI=1S/C20H38N6O2.HI/c1-4-5-9-21-20(22-16-18(27)23(2)3)26-14-12-24(13-15-26)17-19(28)25-10-7-6-8-11-25;/h4-17H2,1-3H3,(H,21,22);1H. The van der Waals surface area contributed by atoms with Crippen molar-refractivity contribution in [3.63, 3.8) is 0 Å². The summed E-state index contributed by atoms with van der Waals surface area (Å²) in [7, 11) is 3.50. The lowest BCUT2D eigenvalue weighted by molar-refractivity contribution is -0.133. The van der Waals surface area contributed by atoms with Crippen LogP contribution in [0, 0.1) is 0 Å². The van der Waals surface area contributed by atoms with Crippen LogP contribution in [0.1, 0.15) is 39.0 Å². The van der Waals surface area contributed by atoms with E-state index in [0.717, 1.165) is 77.5 Å². The monoisotopic (exact) mass is 522 g/mol.